The van der Waals surface area contributed by atoms with Crippen LogP contribution in [-0.4, -0.2) is 27.4 Å². The van der Waals surface area contributed by atoms with Crippen molar-refractivity contribution in [2.75, 3.05) is 10.6 Å². The lowest BCUT2D eigenvalue weighted by molar-refractivity contribution is -0.115. The lowest BCUT2D eigenvalue weighted by Crippen LogP contribution is -2.22. The Morgan fingerprint density at radius 3 is 2.36 bits per heavy atom. The number of aromatic nitrogens is 2. The van der Waals surface area contributed by atoms with Crippen LogP contribution < -0.4 is 15.4 Å². The first-order valence-electron chi connectivity index (χ1n) is 8.90. The molecule has 0 fully saturated rings. The number of rotatable bonds is 8. The van der Waals surface area contributed by atoms with Gasteiger partial charge in [-0.1, -0.05) is 41.3 Å². The fraction of sp³-hybridized carbons (Fsp3) is 0.250. The second-order valence-electron chi connectivity index (χ2n) is 6.36. The maximum Gasteiger partial charge on any atom is 0.237 e. The predicted molar refractivity (Wildman–Crippen MR) is 116 cm³/mol. The number of anilines is 2. The van der Waals surface area contributed by atoms with Crippen LogP contribution in [0.2, 0.25) is 0 Å². The van der Waals surface area contributed by atoms with Crippen LogP contribution in [0.15, 0.2) is 58.9 Å². The summed E-state index contributed by atoms with van der Waals surface area (Å²) in [5.74, 6) is 1.40. The highest BCUT2D eigenvalue weighted by Crippen LogP contribution is 2.30. The van der Waals surface area contributed by atoms with Crippen LogP contribution >= 0.6 is 23.1 Å². The van der Waals surface area contributed by atoms with E-state index < -0.39 is 0 Å². The van der Waals surface area contributed by atoms with Crippen molar-refractivity contribution < 1.29 is 9.53 Å². The Bertz CT molecular complexity index is 898. The van der Waals surface area contributed by atoms with Gasteiger partial charge in [0, 0.05) is 11.7 Å². The molecular weight excluding hydrogens is 392 g/mol. The molecule has 0 aliphatic rings. The summed E-state index contributed by atoms with van der Waals surface area (Å²) in [7, 11) is 0. The summed E-state index contributed by atoms with van der Waals surface area (Å²) in [5.41, 5.74) is 0.720. The molecule has 0 spiro atoms. The zero-order chi connectivity index (χ0) is 19.9. The zero-order valence-electron chi connectivity index (χ0n) is 15.9. The van der Waals surface area contributed by atoms with Gasteiger partial charge in [0.15, 0.2) is 4.34 Å². The quantitative estimate of drug-likeness (QED) is 0.489. The molecule has 28 heavy (non-hydrogen) atoms. The first-order valence-corrected chi connectivity index (χ1v) is 10.6. The Morgan fingerprint density at radius 2 is 1.68 bits per heavy atom. The van der Waals surface area contributed by atoms with Crippen LogP contribution in [0.3, 0.4) is 0 Å². The molecule has 6 nitrogen and oxygen atoms in total. The second kappa shape index (κ2) is 9.57. The Kier molecular flexibility index (Phi) is 6.89. The van der Waals surface area contributed by atoms with Crippen molar-refractivity contribution in [1.82, 2.24) is 10.2 Å². The van der Waals surface area contributed by atoms with Gasteiger partial charge in [-0.25, -0.2) is 0 Å². The Hall–Kier alpha value is -2.58. The van der Waals surface area contributed by atoms with Crippen molar-refractivity contribution in [2.45, 2.75) is 36.4 Å². The zero-order valence-corrected chi connectivity index (χ0v) is 17.5. The maximum atomic E-state index is 12.5. The van der Waals surface area contributed by atoms with Crippen molar-refractivity contribution in [3.63, 3.8) is 0 Å². The second-order valence-corrected chi connectivity index (χ2v) is 8.93. The van der Waals surface area contributed by atoms with Gasteiger partial charge >= 0.3 is 0 Å². The van der Waals surface area contributed by atoms with E-state index in [1.807, 2.05) is 75.4 Å². The van der Waals surface area contributed by atoms with Gasteiger partial charge in [0.25, 0.3) is 0 Å². The largest absolute Gasteiger partial charge is 0.457 e. The number of nitrogens with one attached hydrogen (secondary N) is 2. The molecular formula is C20H22N4O2S2. The molecule has 0 aliphatic heterocycles. The van der Waals surface area contributed by atoms with Crippen LogP contribution in [-0.2, 0) is 4.79 Å². The summed E-state index contributed by atoms with van der Waals surface area (Å²) < 4.78 is 6.52. The Labute approximate surface area is 172 Å². The summed E-state index contributed by atoms with van der Waals surface area (Å²) in [6, 6.07) is 17.2. The topological polar surface area (TPSA) is 76.1 Å². The van der Waals surface area contributed by atoms with Crippen LogP contribution in [0.5, 0.6) is 11.5 Å². The maximum absolute atomic E-state index is 12.5. The average molecular weight is 415 g/mol. The number of hydrogen-bond acceptors (Lipinski definition) is 7. The lowest BCUT2D eigenvalue weighted by atomic mass is 10.3. The van der Waals surface area contributed by atoms with Gasteiger partial charge in [0.05, 0.1) is 5.25 Å². The van der Waals surface area contributed by atoms with Gasteiger partial charge in [-0.05, 0) is 57.2 Å². The number of amides is 1. The number of carbonyl (C=O) groups excluding carboxylic acids is 1. The molecule has 3 aromatic rings. The van der Waals surface area contributed by atoms with Crippen LogP contribution in [0.1, 0.15) is 20.8 Å². The molecule has 1 unspecified atom stereocenters. The van der Waals surface area contributed by atoms with Crippen LogP contribution in [0.4, 0.5) is 10.8 Å². The third-order valence-corrected chi connectivity index (χ3v) is 5.60. The molecule has 0 aliphatic carbocycles. The molecule has 1 heterocycles. The lowest BCUT2D eigenvalue weighted by Gasteiger charge is -2.11. The summed E-state index contributed by atoms with van der Waals surface area (Å²) in [4.78, 5) is 12.5. The smallest absolute Gasteiger partial charge is 0.237 e. The molecule has 0 bridgehead atoms. The fourth-order valence-corrected chi connectivity index (χ4v) is 4.28. The number of thioether (sulfide) groups is 1. The van der Waals surface area contributed by atoms with Crippen molar-refractivity contribution in [2.24, 2.45) is 0 Å². The molecule has 2 N–H and O–H groups in total. The minimum atomic E-state index is -0.292. The van der Waals surface area contributed by atoms with E-state index in [2.05, 4.69) is 20.8 Å². The van der Waals surface area contributed by atoms with Crippen LogP contribution in [0, 0.1) is 0 Å². The van der Waals surface area contributed by atoms with Gasteiger partial charge in [0.1, 0.15) is 11.5 Å². The van der Waals surface area contributed by atoms with Gasteiger partial charge in [-0.2, -0.15) is 0 Å². The molecule has 1 amide bonds. The number of hydrogen-bond donors (Lipinski definition) is 2. The number of ether oxygens (including phenoxy) is 1. The molecule has 8 heteroatoms. The minimum absolute atomic E-state index is 0.0877. The number of para-hydroxylation sites is 1. The molecule has 0 saturated heterocycles. The molecule has 1 aromatic heterocycles. The van der Waals surface area contributed by atoms with Crippen molar-refractivity contribution >= 4 is 39.8 Å². The average Bonchev–Trinajstić information content (AvgIpc) is 3.10. The van der Waals surface area contributed by atoms with E-state index in [9.17, 15) is 4.79 Å². The highest BCUT2D eigenvalue weighted by atomic mass is 32.2. The van der Waals surface area contributed by atoms with E-state index in [0.29, 0.717) is 11.8 Å². The van der Waals surface area contributed by atoms with Crippen molar-refractivity contribution in [1.29, 1.82) is 0 Å². The van der Waals surface area contributed by atoms with E-state index in [1.165, 1.54) is 23.1 Å². The molecule has 146 valence electrons. The SMILES string of the molecule is CC(C)Nc1nnc(SC(C)C(=O)Nc2ccc(Oc3ccccc3)cc2)s1. The monoisotopic (exact) mass is 414 g/mol. The third kappa shape index (κ3) is 5.97. The molecule has 2 aromatic carbocycles. The number of carbonyl (C=O) groups is 1. The molecule has 3 rings (SSSR count). The van der Waals surface area contributed by atoms with Gasteiger partial charge in [0.2, 0.25) is 11.0 Å². The summed E-state index contributed by atoms with van der Waals surface area (Å²) >= 11 is 2.84. The molecule has 0 radical (unpaired) electrons. The van der Waals surface area contributed by atoms with Gasteiger partial charge < -0.3 is 15.4 Å². The Morgan fingerprint density at radius 1 is 1.00 bits per heavy atom. The highest BCUT2D eigenvalue weighted by molar-refractivity contribution is 8.02. The first-order chi connectivity index (χ1) is 13.5. The summed E-state index contributed by atoms with van der Waals surface area (Å²) in [6.45, 7) is 5.94. The third-order valence-electron chi connectivity index (χ3n) is 3.57. The number of nitrogens with zero attached hydrogens (tertiary/aromatic N) is 2. The summed E-state index contributed by atoms with van der Waals surface area (Å²) in [6.07, 6.45) is 0. The standard InChI is InChI=1S/C20H22N4O2S2/c1-13(2)21-19-23-24-20(28-19)27-14(3)18(25)22-15-9-11-17(12-10-15)26-16-7-5-4-6-8-16/h4-14H,1-3H3,(H,21,23)(H,22,25). The summed E-state index contributed by atoms with van der Waals surface area (Å²) in [5, 5.41) is 14.8. The van der Waals surface area contributed by atoms with E-state index >= 15 is 0 Å². The van der Waals surface area contributed by atoms with Gasteiger partial charge in [-0.3, -0.25) is 4.79 Å². The molecule has 0 saturated carbocycles. The Balaban J connectivity index is 1.52. The molecule has 1 atom stereocenters. The number of benzene rings is 2. The van der Waals surface area contributed by atoms with Crippen molar-refractivity contribution in [3.05, 3.63) is 54.6 Å². The van der Waals surface area contributed by atoms with E-state index in [0.717, 1.165) is 20.9 Å². The van der Waals surface area contributed by atoms with Crippen molar-refractivity contribution in [3.8, 4) is 11.5 Å². The predicted octanol–water partition coefficient (Wildman–Crippen LogP) is 5.27. The van der Waals surface area contributed by atoms with E-state index in [1.54, 1.807) is 0 Å². The van der Waals surface area contributed by atoms with Crippen LogP contribution in [0.25, 0.3) is 0 Å². The first kappa shape index (κ1) is 20.2. The minimum Gasteiger partial charge on any atom is -0.457 e. The fourth-order valence-electron chi connectivity index (χ4n) is 2.24. The van der Waals surface area contributed by atoms with Gasteiger partial charge in [-0.15, -0.1) is 10.2 Å². The normalized spacial score (nSPS) is 11.9. The highest BCUT2D eigenvalue weighted by Gasteiger charge is 2.17. The van der Waals surface area contributed by atoms with E-state index in [-0.39, 0.29) is 11.2 Å². The van der Waals surface area contributed by atoms with E-state index in [4.69, 9.17) is 4.74 Å².